The number of pyridine rings is 1. The Balaban J connectivity index is 2.09. The summed E-state index contributed by atoms with van der Waals surface area (Å²) in [6.07, 6.45) is 4.62. The molecular weight excluding hydrogens is 276 g/mol. The Morgan fingerprint density at radius 2 is 2.20 bits per heavy atom. The lowest BCUT2D eigenvalue weighted by atomic mass is 9.94. The van der Waals surface area contributed by atoms with Crippen LogP contribution in [-0.4, -0.2) is 30.4 Å². The van der Waals surface area contributed by atoms with Crippen molar-refractivity contribution in [2.75, 3.05) is 11.9 Å². The maximum Gasteiger partial charge on any atom is 0.260 e. The molecule has 1 fully saturated rings. The van der Waals surface area contributed by atoms with Crippen molar-refractivity contribution in [3.05, 3.63) is 24.4 Å². The average Bonchev–Trinajstić information content (AvgIpc) is 2.73. The second-order valence-corrected chi connectivity index (χ2v) is 6.60. The molecule has 0 atom stereocenters. The van der Waals surface area contributed by atoms with Crippen LogP contribution in [-0.2, 0) is 10.0 Å². The summed E-state index contributed by atoms with van der Waals surface area (Å²) < 4.78 is 29.6. The number of hydrogen-bond donors (Lipinski definition) is 2. The van der Waals surface area contributed by atoms with Crippen molar-refractivity contribution in [1.82, 2.24) is 14.1 Å². The largest absolute Gasteiger partial charge is 0.368 e. The van der Waals surface area contributed by atoms with Gasteiger partial charge in [-0.1, -0.05) is 12.5 Å². The molecule has 0 aromatic carbocycles. The van der Waals surface area contributed by atoms with Gasteiger partial charge in [0.05, 0.1) is 0 Å². The summed E-state index contributed by atoms with van der Waals surface area (Å²) in [6.45, 7) is 2.54. The predicted molar refractivity (Wildman–Crippen MR) is 77.3 cm³/mol. The van der Waals surface area contributed by atoms with E-state index >= 15 is 0 Å². The molecule has 1 aliphatic rings. The van der Waals surface area contributed by atoms with Gasteiger partial charge in [0.1, 0.15) is 5.65 Å². The van der Waals surface area contributed by atoms with Crippen molar-refractivity contribution < 1.29 is 8.42 Å². The van der Waals surface area contributed by atoms with E-state index < -0.39 is 10.0 Å². The van der Waals surface area contributed by atoms with Crippen molar-refractivity contribution >= 4 is 21.5 Å². The number of anilines is 1. The number of nitrogens with zero attached hydrogens (tertiary/aromatic N) is 2. The van der Waals surface area contributed by atoms with Crippen LogP contribution >= 0.6 is 0 Å². The molecule has 0 unspecified atom stereocenters. The highest BCUT2D eigenvalue weighted by atomic mass is 32.2. The summed E-state index contributed by atoms with van der Waals surface area (Å²) in [5.41, 5.74) is 0.623. The van der Waals surface area contributed by atoms with Crippen LogP contribution in [0.3, 0.4) is 0 Å². The first-order valence-electron chi connectivity index (χ1n) is 6.85. The monoisotopic (exact) mass is 294 g/mol. The van der Waals surface area contributed by atoms with Gasteiger partial charge in [0.2, 0.25) is 0 Å². The molecule has 0 spiro atoms. The normalized spacial score (nSPS) is 16.2. The number of sulfonamides is 1. The summed E-state index contributed by atoms with van der Waals surface area (Å²) >= 11 is 0. The lowest BCUT2D eigenvalue weighted by Crippen LogP contribution is -2.40. The number of fused-ring (bicyclic) bond motifs is 1. The SMILES string of the molecule is CCNc1nc2ccccn2c1S(=O)(=O)NC1CCC1. The Labute approximate surface area is 118 Å². The molecular formula is C13H18N4O2S. The maximum absolute atomic E-state index is 12.6. The minimum absolute atomic E-state index is 0.0590. The van der Waals surface area contributed by atoms with Crippen LogP contribution in [0, 0.1) is 0 Å². The van der Waals surface area contributed by atoms with Crippen molar-refractivity contribution in [3.63, 3.8) is 0 Å². The minimum atomic E-state index is -3.57. The number of aromatic nitrogens is 2. The topological polar surface area (TPSA) is 75.5 Å². The zero-order valence-corrected chi connectivity index (χ0v) is 12.2. The molecule has 0 saturated heterocycles. The van der Waals surface area contributed by atoms with E-state index in [4.69, 9.17) is 0 Å². The van der Waals surface area contributed by atoms with Gasteiger partial charge in [-0.25, -0.2) is 18.1 Å². The molecule has 2 aromatic rings. The van der Waals surface area contributed by atoms with Gasteiger partial charge < -0.3 is 5.32 Å². The Kier molecular flexibility index (Phi) is 3.39. The summed E-state index contributed by atoms with van der Waals surface area (Å²) in [4.78, 5) is 4.35. The molecule has 0 aliphatic heterocycles. The van der Waals surface area contributed by atoms with Crippen LogP contribution in [0.4, 0.5) is 5.82 Å². The fourth-order valence-electron chi connectivity index (χ4n) is 2.31. The van der Waals surface area contributed by atoms with Gasteiger partial charge in [0.25, 0.3) is 10.0 Å². The molecule has 108 valence electrons. The molecule has 0 bridgehead atoms. The molecule has 3 rings (SSSR count). The number of imidazole rings is 1. The van der Waals surface area contributed by atoms with E-state index in [0.717, 1.165) is 19.3 Å². The van der Waals surface area contributed by atoms with Crippen molar-refractivity contribution in [2.45, 2.75) is 37.3 Å². The number of rotatable bonds is 5. The fourth-order valence-corrected chi connectivity index (χ4v) is 3.89. The summed E-state index contributed by atoms with van der Waals surface area (Å²) in [6, 6.07) is 5.49. The molecule has 0 radical (unpaired) electrons. The molecule has 6 nitrogen and oxygen atoms in total. The maximum atomic E-state index is 12.6. The summed E-state index contributed by atoms with van der Waals surface area (Å²) in [5, 5.41) is 3.23. The second kappa shape index (κ2) is 5.06. The van der Waals surface area contributed by atoms with E-state index in [1.54, 1.807) is 22.7 Å². The van der Waals surface area contributed by atoms with Crippen LogP contribution in [0.15, 0.2) is 29.4 Å². The minimum Gasteiger partial charge on any atom is -0.368 e. The number of hydrogen-bond acceptors (Lipinski definition) is 4. The van der Waals surface area contributed by atoms with E-state index in [-0.39, 0.29) is 11.1 Å². The van der Waals surface area contributed by atoms with Gasteiger partial charge in [-0.05, 0) is 31.9 Å². The van der Waals surface area contributed by atoms with Crippen molar-refractivity contribution in [1.29, 1.82) is 0 Å². The van der Waals surface area contributed by atoms with Gasteiger partial charge in [0, 0.05) is 18.8 Å². The lowest BCUT2D eigenvalue weighted by molar-refractivity contribution is 0.383. The number of nitrogens with one attached hydrogen (secondary N) is 2. The predicted octanol–water partition coefficient (Wildman–Crippen LogP) is 1.60. The fraction of sp³-hybridized carbons (Fsp3) is 0.462. The highest BCUT2D eigenvalue weighted by molar-refractivity contribution is 7.89. The van der Waals surface area contributed by atoms with Gasteiger partial charge in [-0.15, -0.1) is 0 Å². The Morgan fingerprint density at radius 3 is 2.85 bits per heavy atom. The first-order chi connectivity index (χ1) is 9.62. The first-order valence-corrected chi connectivity index (χ1v) is 8.33. The summed E-state index contributed by atoms with van der Waals surface area (Å²) in [7, 11) is -3.57. The zero-order chi connectivity index (χ0) is 14.2. The lowest BCUT2D eigenvalue weighted by Gasteiger charge is -2.26. The van der Waals surface area contributed by atoms with E-state index in [9.17, 15) is 8.42 Å². The van der Waals surface area contributed by atoms with Crippen LogP contribution in [0.2, 0.25) is 0 Å². The molecule has 20 heavy (non-hydrogen) atoms. The quantitative estimate of drug-likeness (QED) is 0.878. The van der Waals surface area contributed by atoms with E-state index in [1.165, 1.54) is 0 Å². The third-order valence-electron chi connectivity index (χ3n) is 3.51. The highest BCUT2D eigenvalue weighted by Gasteiger charge is 2.29. The van der Waals surface area contributed by atoms with Crippen LogP contribution in [0.25, 0.3) is 5.65 Å². The van der Waals surface area contributed by atoms with E-state index in [0.29, 0.717) is 18.0 Å². The molecule has 1 aliphatic carbocycles. The first kappa shape index (κ1) is 13.4. The molecule has 2 aromatic heterocycles. The molecule has 0 amide bonds. The van der Waals surface area contributed by atoms with Crippen molar-refractivity contribution in [2.24, 2.45) is 0 Å². The third kappa shape index (κ3) is 2.27. The summed E-state index contributed by atoms with van der Waals surface area (Å²) in [5.74, 6) is 0.408. The highest BCUT2D eigenvalue weighted by Crippen LogP contribution is 2.26. The van der Waals surface area contributed by atoms with E-state index in [1.807, 2.05) is 13.0 Å². The average molecular weight is 294 g/mol. The third-order valence-corrected chi connectivity index (χ3v) is 5.05. The molecule has 7 heteroatoms. The molecule has 2 N–H and O–H groups in total. The second-order valence-electron chi connectivity index (χ2n) is 4.97. The molecule has 1 saturated carbocycles. The van der Waals surface area contributed by atoms with Gasteiger partial charge in [-0.3, -0.25) is 4.40 Å². The van der Waals surface area contributed by atoms with Gasteiger partial charge in [0.15, 0.2) is 10.8 Å². The molecule has 2 heterocycles. The van der Waals surface area contributed by atoms with Crippen LogP contribution in [0.5, 0.6) is 0 Å². The van der Waals surface area contributed by atoms with E-state index in [2.05, 4.69) is 15.0 Å². The van der Waals surface area contributed by atoms with Crippen LogP contribution in [0.1, 0.15) is 26.2 Å². The standard InChI is InChI=1S/C13H18N4O2S/c1-2-14-12-13(17-9-4-3-8-11(17)15-12)20(18,19)16-10-6-5-7-10/h3-4,8-10,14,16H,2,5-7H2,1H3. The Bertz CT molecular complexity index is 719. The van der Waals surface area contributed by atoms with Crippen molar-refractivity contribution in [3.8, 4) is 0 Å². The zero-order valence-electron chi connectivity index (χ0n) is 11.3. The van der Waals surface area contributed by atoms with Crippen LogP contribution < -0.4 is 10.0 Å². The van der Waals surface area contributed by atoms with Gasteiger partial charge in [-0.2, -0.15) is 0 Å². The smallest absolute Gasteiger partial charge is 0.260 e. The Hall–Kier alpha value is -1.60. The van der Waals surface area contributed by atoms with Gasteiger partial charge >= 0.3 is 0 Å². The Morgan fingerprint density at radius 1 is 1.40 bits per heavy atom.